The van der Waals surface area contributed by atoms with Crippen LogP contribution in [0.3, 0.4) is 0 Å². The predicted octanol–water partition coefficient (Wildman–Crippen LogP) is 2.18. The summed E-state index contributed by atoms with van der Waals surface area (Å²) in [6.07, 6.45) is 2.17. The molecule has 0 spiro atoms. The van der Waals surface area contributed by atoms with E-state index in [4.69, 9.17) is 9.52 Å². The summed E-state index contributed by atoms with van der Waals surface area (Å²) in [5, 5.41) is 9.00. The first-order chi connectivity index (χ1) is 9.16. The quantitative estimate of drug-likeness (QED) is 0.895. The van der Waals surface area contributed by atoms with Gasteiger partial charge in [0, 0.05) is 12.2 Å². The van der Waals surface area contributed by atoms with Crippen molar-refractivity contribution >= 4 is 17.6 Å². The van der Waals surface area contributed by atoms with Crippen LogP contribution in [0.1, 0.15) is 26.5 Å². The minimum absolute atomic E-state index is 0.179. The van der Waals surface area contributed by atoms with Gasteiger partial charge in [-0.2, -0.15) is 0 Å². The van der Waals surface area contributed by atoms with Gasteiger partial charge in [0.1, 0.15) is 0 Å². The van der Waals surface area contributed by atoms with Gasteiger partial charge in [0.2, 0.25) is 0 Å². The highest BCUT2D eigenvalue weighted by molar-refractivity contribution is 6.06. The van der Waals surface area contributed by atoms with E-state index in [1.165, 1.54) is 12.3 Å². The summed E-state index contributed by atoms with van der Waals surface area (Å²) in [5.41, 5.74) is 1.81. The van der Waals surface area contributed by atoms with Gasteiger partial charge in [-0.05, 0) is 36.2 Å². The standard InChI is InChI=1S/C14H11NO4/c16-13(12-2-1-7-19-12)15-6-5-9-3-4-10(14(17)18)8-11(9)15/h1-4,7-8H,5-6H2,(H,17,18). The first-order valence-corrected chi connectivity index (χ1v) is 5.88. The summed E-state index contributed by atoms with van der Waals surface area (Å²) < 4.78 is 5.09. The first-order valence-electron chi connectivity index (χ1n) is 5.88. The van der Waals surface area contributed by atoms with Gasteiger partial charge in [-0.15, -0.1) is 0 Å². The molecule has 3 rings (SSSR count). The number of hydrogen-bond acceptors (Lipinski definition) is 3. The number of carboxylic acid groups (broad SMARTS) is 1. The molecule has 1 amide bonds. The molecule has 0 bridgehead atoms. The van der Waals surface area contributed by atoms with Gasteiger partial charge in [-0.25, -0.2) is 4.79 Å². The molecule has 5 nitrogen and oxygen atoms in total. The number of carbonyl (C=O) groups is 2. The molecule has 96 valence electrons. The van der Waals surface area contributed by atoms with Crippen LogP contribution in [0.25, 0.3) is 0 Å². The Morgan fingerprint density at radius 3 is 2.79 bits per heavy atom. The van der Waals surface area contributed by atoms with E-state index < -0.39 is 5.97 Å². The van der Waals surface area contributed by atoms with E-state index in [1.807, 2.05) is 0 Å². The molecule has 1 aromatic heterocycles. The van der Waals surface area contributed by atoms with Crippen molar-refractivity contribution in [3.8, 4) is 0 Å². The number of fused-ring (bicyclic) bond motifs is 1. The van der Waals surface area contributed by atoms with E-state index in [0.717, 1.165) is 12.0 Å². The predicted molar refractivity (Wildman–Crippen MR) is 67.5 cm³/mol. The number of nitrogens with zero attached hydrogens (tertiary/aromatic N) is 1. The zero-order valence-corrected chi connectivity index (χ0v) is 10.00. The average molecular weight is 257 g/mol. The molecule has 19 heavy (non-hydrogen) atoms. The topological polar surface area (TPSA) is 70.8 Å². The van der Waals surface area contributed by atoms with Gasteiger partial charge < -0.3 is 14.4 Å². The van der Waals surface area contributed by atoms with Crippen molar-refractivity contribution in [1.82, 2.24) is 0 Å². The van der Waals surface area contributed by atoms with Crippen LogP contribution in [0.4, 0.5) is 5.69 Å². The molecule has 0 aliphatic carbocycles. The van der Waals surface area contributed by atoms with E-state index in [2.05, 4.69) is 0 Å². The maximum absolute atomic E-state index is 12.2. The molecule has 0 atom stereocenters. The first kappa shape index (κ1) is 11.5. The number of anilines is 1. The van der Waals surface area contributed by atoms with E-state index in [-0.39, 0.29) is 17.2 Å². The van der Waals surface area contributed by atoms with Crippen molar-refractivity contribution in [3.63, 3.8) is 0 Å². The van der Waals surface area contributed by atoms with Crippen LogP contribution in [0.5, 0.6) is 0 Å². The Hall–Kier alpha value is -2.56. The summed E-state index contributed by atoms with van der Waals surface area (Å²) in [7, 11) is 0. The number of furan rings is 1. The number of amides is 1. The molecular weight excluding hydrogens is 246 g/mol. The van der Waals surface area contributed by atoms with Crippen LogP contribution in [-0.2, 0) is 6.42 Å². The molecule has 1 N–H and O–H groups in total. The number of aromatic carboxylic acids is 1. The number of carboxylic acids is 1. The Labute approximate surface area is 109 Å². The van der Waals surface area contributed by atoms with Crippen LogP contribution >= 0.6 is 0 Å². The van der Waals surface area contributed by atoms with Gasteiger partial charge in [0.15, 0.2) is 5.76 Å². The molecule has 0 saturated carbocycles. The third-order valence-corrected chi connectivity index (χ3v) is 3.20. The lowest BCUT2D eigenvalue weighted by atomic mass is 10.1. The van der Waals surface area contributed by atoms with Crippen LogP contribution < -0.4 is 4.90 Å². The minimum Gasteiger partial charge on any atom is -0.478 e. The smallest absolute Gasteiger partial charge is 0.335 e. The Bertz CT molecular complexity index is 645. The fraction of sp³-hybridized carbons (Fsp3) is 0.143. The summed E-state index contributed by atoms with van der Waals surface area (Å²) in [5.74, 6) is -0.986. The van der Waals surface area contributed by atoms with Gasteiger partial charge in [0.25, 0.3) is 5.91 Å². The van der Waals surface area contributed by atoms with Gasteiger partial charge in [0.05, 0.1) is 11.8 Å². The van der Waals surface area contributed by atoms with Crippen molar-refractivity contribution in [2.45, 2.75) is 6.42 Å². The highest BCUT2D eigenvalue weighted by Gasteiger charge is 2.27. The number of carbonyl (C=O) groups excluding carboxylic acids is 1. The largest absolute Gasteiger partial charge is 0.478 e. The highest BCUT2D eigenvalue weighted by atomic mass is 16.4. The number of rotatable bonds is 2. The molecular formula is C14H11NO4. The molecule has 0 saturated heterocycles. The van der Waals surface area contributed by atoms with Crippen molar-refractivity contribution in [3.05, 3.63) is 53.5 Å². The lowest BCUT2D eigenvalue weighted by molar-refractivity contribution is 0.0696. The van der Waals surface area contributed by atoms with Crippen molar-refractivity contribution in [2.24, 2.45) is 0 Å². The van der Waals surface area contributed by atoms with E-state index in [0.29, 0.717) is 12.2 Å². The molecule has 0 radical (unpaired) electrons. The molecule has 1 aromatic carbocycles. The second-order valence-corrected chi connectivity index (χ2v) is 4.33. The SMILES string of the molecule is O=C(O)c1ccc2c(c1)N(C(=O)c1ccco1)CC2. The van der Waals surface area contributed by atoms with Crippen LogP contribution in [-0.4, -0.2) is 23.5 Å². The Balaban J connectivity index is 1.99. The Morgan fingerprint density at radius 1 is 1.26 bits per heavy atom. The Kier molecular flexibility index (Phi) is 2.59. The van der Waals surface area contributed by atoms with Crippen LogP contribution in [0, 0.1) is 0 Å². The normalized spacial score (nSPS) is 13.4. The third kappa shape index (κ3) is 1.89. The third-order valence-electron chi connectivity index (χ3n) is 3.20. The summed E-state index contributed by atoms with van der Waals surface area (Å²) in [6, 6.07) is 8.10. The minimum atomic E-state index is -1.000. The average Bonchev–Trinajstić information content (AvgIpc) is 3.06. The zero-order chi connectivity index (χ0) is 13.4. The second kappa shape index (κ2) is 4.28. The van der Waals surface area contributed by atoms with E-state index in [9.17, 15) is 9.59 Å². The summed E-state index contributed by atoms with van der Waals surface area (Å²) in [6.45, 7) is 0.540. The fourth-order valence-corrected chi connectivity index (χ4v) is 2.26. The number of benzene rings is 1. The molecule has 5 heteroatoms. The summed E-state index contributed by atoms with van der Waals surface area (Å²) >= 11 is 0. The molecule has 0 unspecified atom stereocenters. The maximum Gasteiger partial charge on any atom is 0.335 e. The fourth-order valence-electron chi connectivity index (χ4n) is 2.26. The number of hydrogen-bond donors (Lipinski definition) is 1. The second-order valence-electron chi connectivity index (χ2n) is 4.33. The highest BCUT2D eigenvalue weighted by Crippen LogP contribution is 2.30. The maximum atomic E-state index is 12.2. The zero-order valence-electron chi connectivity index (χ0n) is 10.00. The Morgan fingerprint density at radius 2 is 2.11 bits per heavy atom. The molecule has 2 aromatic rings. The van der Waals surface area contributed by atoms with E-state index in [1.54, 1.807) is 29.2 Å². The van der Waals surface area contributed by atoms with Crippen LogP contribution in [0.2, 0.25) is 0 Å². The van der Waals surface area contributed by atoms with Crippen LogP contribution in [0.15, 0.2) is 41.0 Å². The van der Waals surface area contributed by atoms with Gasteiger partial charge in [-0.1, -0.05) is 6.07 Å². The van der Waals surface area contributed by atoms with Gasteiger partial charge >= 0.3 is 5.97 Å². The molecule has 2 heterocycles. The molecule has 1 aliphatic rings. The molecule has 1 aliphatic heterocycles. The van der Waals surface area contributed by atoms with Crippen molar-refractivity contribution < 1.29 is 19.1 Å². The lowest BCUT2D eigenvalue weighted by Gasteiger charge is -2.16. The molecule has 0 fully saturated rings. The monoisotopic (exact) mass is 257 g/mol. The van der Waals surface area contributed by atoms with E-state index >= 15 is 0 Å². The van der Waals surface area contributed by atoms with Gasteiger partial charge in [-0.3, -0.25) is 4.79 Å². The summed E-state index contributed by atoms with van der Waals surface area (Å²) in [4.78, 5) is 24.8. The lowest BCUT2D eigenvalue weighted by Crippen LogP contribution is -2.28. The van der Waals surface area contributed by atoms with Crippen molar-refractivity contribution in [1.29, 1.82) is 0 Å². The van der Waals surface area contributed by atoms with Crippen molar-refractivity contribution in [2.75, 3.05) is 11.4 Å².